The molecule has 5 nitrogen and oxygen atoms in total. The molecule has 0 bridgehead atoms. The van der Waals surface area contributed by atoms with Gasteiger partial charge in [-0.05, 0) is 29.3 Å². The van der Waals surface area contributed by atoms with Crippen LogP contribution in [-0.4, -0.2) is 57.0 Å². The fourth-order valence-corrected chi connectivity index (χ4v) is 4.88. The summed E-state index contributed by atoms with van der Waals surface area (Å²) in [5, 5.41) is 2.06. The van der Waals surface area contributed by atoms with E-state index in [1.165, 1.54) is 0 Å². The minimum atomic E-state index is -3.05. The number of rotatable bonds is 5. The van der Waals surface area contributed by atoms with Gasteiger partial charge in [0.2, 0.25) is 0 Å². The molecule has 1 aliphatic rings. The zero-order valence-corrected chi connectivity index (χ0v) is 14.5. The van der Waals surface area contributed by atoms with Crippen molar-refractivity contribution >= 4 is 26.5 Å². The van der Waals surface area contributed by atoms with Crippen LogP contribution in [-0.2, 0) is 14.6 Å². The maximum atomic E-state index is 13.0. The Morgan fingerprint density at radius 3 is 2.62 bits per heavy atom. The van der Waals surface area contributed by atoms with Gasteiger partial charge in [-0.15, -0.1) is 0 Å². The summed E-state index contributed by atoms with van der Waals surface area (Å²) < 4.78 is 28.7. The van der Waals surface area contributed by atoms with Crippen LogP contribution in [0.5, 0.6) is 0 Å². The van der Waals surface area contributed by atoms with E-state index in [0.717, 1.165) is 10.8 Å². The number of benzene rings is 2. The van der Waals surface area contributed by atoms with Gasteiger partial charge in [0, 0.05) is 25.3 Å². The maximum Gasteiger partial charge on any atom is 0.254 e. The van der Waals surface area contributed by atoms with Crippen LogP contribution in [0.2, 0.25) is 0 Å². The van der Waals surface area contributed by atoms with Crippen molar-refractivity contribution in [2.45, 2.75) is 12.5 Å². The second kappa shape index (κ2) is 6.91. The van der Waals surface area contributed by atoms with Gasteiger partial charge in [-0.25, -0.2) is 8.42 Å². The first-order valence-corrected chi connectivity index (χ1v) is 9.81. The fourth-order valence-electron chi connectivity index (χ4n) is 3.15. The van der Waals surface area contributed by atoms with E-state index in [1.54, 1.807) is 18.1 Å². The van der Waals surface area contributed by atoms with E-state index in [2.05, 4.69) is 0 Å². The van der Waals surface area contributed by atoms with Crippen LogP contribution in [0.15, 0.2) is 42.5 Å². The third kappa shape index (κ3) is 3.60. The second-order valence-electron chi connectivity index (χ2n) is 6.11. The molecule has 1 fully saturated rings. The highest BCUT2D eigenvalue weighted by atomic mass is 32.2. The Kier molecular flexibility index (Phi) is 4.87. The van der Waals surface area contributed by atoms with Crippen LogP contribution in [0.1, 0.15) is 16.8 Å². The van der Waals surface area contributed by atoms with E-state index in [4.69, 9.17) is 4.74 Å². The van der Waals surface area contributed by atoms with Gasteiger partial charge in [0.15, 0.2) is 9.84 Å². The van der Waals surface area contributed by atoms with Gasteiger partial charge < -0.3 is 9.64 Å². The second-order valence-corrected chi connectivity index (χ2v) is 8.34. The van der Waals surface area contributed by atoms with Crippen molar-refractivity contribution in [3.05, 3.63) is 48.0 Å². The Bertz CT molecular complexity index is 847. The Morgan fingerprint density at radius 1 is 1.21 bits per heavy atom. The predicted octanol–water partition coefficient (Wildman–Crippen LogP) is 2.12. The molecule has 0 aromatic heterocycles. The predicted molar refractivity (Wildman–Crippen MR) is 93.9 cm³/mol. The first kappa shape index (κ1) is 16.9. The number of hydrogen-bond donors (Lipinski definition) is 0. The quantitative estimate of drug-likeness (QED) is 0.831. The van der Waals surface area contributed by atoms with Crippen molar-refractivity contribution in [2.75, 3.05) is 31.8 Å². The SMILES string of the molecule is COCCN(C(=O)c1ccc2ccccc2c1)[C@@H]1CCS(=O)(=O)C1. The molecule has 128 valence electrons. The van der Waals surface area contributed by atoms with Gasteiger partial charge in [0.1, 0.15) is 0 Å². The Labute approximate surface area is 142 Å². The highest BCUT2D eigenvalue weighted by Gasteiger charge is 2.34. The number of amides is 1. The van der Waals surface area contributed by atoms with Crippen molar-refractivity contribution in [1.82, 2.24) is 4.90 Å². The van der Waals surface area contributed by atoms with Crippen molar-refractivity contribution < 1.29 is 17.9 Å². The maximum absolute atomic E-state index is 13.0. The molecule has 0 aliphatic carbocycles. The van der Waals surface area contributed by atoms with Crippen molar-refractivity contribution in [3.63, 3.8) is 0 Å². The van der Waals surface area contributed by atoms with E-state index in [1.807, 2.05) is 36.4 Å². The average molecular weight is 347 g/mol. The van der Waals surface area contributed by atoms with Gasteiger partial charge in [-0.1, -0.05) is 30.3 Å². The third-order valence-electron chi connectivity index (χ3n) is 4.44. The smallest absolute Gasteiger partial charge is 0.254 e. The largest absolute Gasteiger partial charge is 0.383 e. The van der Waals surface area contributed by atoms with E-state index in [9.17, 15) is 13.2 Å². The number of methoxy groups -OCH3 is 1. The minimum Gasteiger partial charge on any atom is -0.383 e. The number of nitrogens with zero attached hydrogens (tertiary/aromatic N) is 1. The van der Waals surface area contributed by atoms with Crippen LogP contribution in [0, 0.1) is 0 Å². The molecule has 0 unspecified atom stereocenters. The number of carbonyl (C=O) groups is 1. The summed E-state index contributed by atoms with van der Waals surface area (Å²) in [7, 11) is -1.48. The average Bonchev–Trinajstić information content (AvgIpc) is 2.94. The van der Waals surface area contributed by atoms with E-state index in [-0.39, 0.29) is 23.5 Å². The summed E-state index contributed by atoms with van der Waals surface area (Å²) in [5.41, 5.74) is 0.578. The summed E-state index contributed by atoms with van der Waals surface area (Å²) >= 11 is 0. The first-order chi connectivity index (χ1) is 11.5. The highest BCUT2D eigenvalue weighted by Crippen LogP contribution is 2.22. The standard InChI is InChI=1S/C18H21NO4S/c1-23-10-9-19(17-8-11-24(21,22)13-17)18(20)16-7-6-14-4-2-3-5-15(14)12-16/h2-7,12,17H,8-11,13H2,1H3/t17-/m1/s1. The zero-order valence-electron chi connectivity index (χ0n) is 13.6. The molecule has 0 spiro atoms. The van der Waals surface area contributed by atoms with Crippen molar-refractivity contribution in [1.29, 1.82) is 0 Å². The van der Waals surface area contributed by atoms with Crippen LogP contribution in [0.3, 0.4) is 0 Å². The molecule has 0 radical (unpaired) electrons. The molecule has 2 aromatic rings. The van der Waals surface area contributed by atoms with Crippen molar-refractivity contribution in [3.8, 4) is 0 Å². The van der Waals surface area contributed by atoms with Gasteiger partial charge in [-0.2, -0.15) is 0 Å². The molecule has 0 saturated carbocycles. The third-order valence-corrected chi connectivity index (χ3v) is 6.19. The van der Waals surface area contributed by atoms with Gasteiger partial charge in [-0.3, -0.25) is 4.79 Å². The number of fused-ring (bicyclic) bond motifs is 1. The van der Waals surface area contributed by atoms with E-state index >= 15 is 0 Å². The molecule has 0 N–H and O–H groups in total. The summed E-state index contributed by atoms with van der Waals surface area (Å²) in [5.74, 6) is 0.0437. The van der Waals surface area contributed by atoms with Crippen LogP contribution in [0.25, 0.3) is 10.8 Å². The lowest BCUT2D eigenvalue weighted by Crippen LogP contribution is -2.43. The summed E-state index contributed by atoms with van der Waals surface area (Å²) in [6.45, 7) is 0.776. The molecular weight excluding hydrogens is 326 g/mol. The number of hydrogen-bond acceptors (Lipinski definition) is 4. The lowest BCUT2D eigenvalue weighted by atomic mass is 10.1. The van der Waals surface area contributed by atoms with Crippen LogP contribution < -0.4 is 0 Å². The fraction of sp³-hybridized carbons (Fsp3) is 0.389. The Morgan fingerprint density at radius 2 is 1.96 bits per heavy atom. The Balaban J connectivity index is 1.89. The zero-order chi connectivity index (χ0) is 17.2. The van der Waals surface area contributed by atoms with E-state index < -0.39 is 9.84 Å². The Hall–Kier alpha value is -1.92. The molecular formula is C18H21NO4S. The lowest BCUT2D eigenvalue weighted by molar-refractivity contribution is 0.0624. The topological polar surface area (TPSA) is 63.7 Å². The molecule has 1 atom stereocenters. The molecule has 1 aliphatic heterocycles. The minimum absolute atomic E-state index is 0.0377. The first-order valence-electron chi connectivity index (χ1n) is 7.99. The van der Waals surface area contributed by atoms with E-state index in [0.29, 0.717) is 25.1 Å². The molecule has 24 heavy (non-hydrogen) atoms. The van der Waals surface area contributed by atoms with Gasteiger partial charge in [0.05, 0.1) is 18.1 Å². The molecule has 2 aromatic carbocycles. The molecule has 3 rings (SSSR count). The molecule has 6 heteroatoms. The van der Waals surface area contributed by atoms with Crippen molar-refractivity contribution in [2.24, 2.45) is 0 Å². The number of sulfone groups is 1. The number of carbonyl (C=O) groups excluding carboxylic acids is 1. The molecule has 1 amide bonds. The summed E-state index contributed by atoms with van der Waals surface area (Å²) in [6, 6.07) is 13.2. The lowest BCUT2D eigenvalue weighted by Gasteiger charge is -2.28. The summed E-state index contributed by atoms with van der Waals surface area (Å²) in [6.07, 6.45) is 0.491. The number of ether oxygens (including phenoxy) is 1. The normalized spacial score (nSPS) is 19.5. The van der Waals surface area contributed by atoms with Gasteiger partial charge in [0.25, 0.3) is 5.91 Å². The van der Waals surface area contributed by atoms with Gasteiger partial charge >= 0.3 is 0 Å². The molecule has 1 saturated heterocycles. The van der Waals surface area contributed by atoms with Crippen LogP contribution in [0.4, 0.5) is 0 Å². The highest BCUT2D eigenvalue weighted by molar-refractivity contribution is 7.91. The van der Waals surface area contributed by atoms with Crippen LogP contribution >= 0.6 is 0 Å². The summed E-state index contributed by atoms with van der Waals surface area (Å²) in [4.78, 5) is 14.6. The monoisotopic (exact) mass is 347 g/mol. The molecule has 1 heterocycles.